The van der Waals surface area contributed by atoms with Gasteiger partial charge in [0.1, 0.15) is 0 Å². The summed E-state index contributed by atoms with van der Waals surface area (Å²) in [5, 5.41) is 3.68. The average Bonchev–Trinajstić information content (AvgIpc) is 2.83. The lowest BCUT2D eigenvalue weighted by Crippen LogP contribution is -2.26. The third kappa shape index (κ3) is 1.62. The molecule has 0 radical (unpaired) electrons. The first-order valence-corrected chi connectivity index (χ1v) is 6.00. The second kappa shape index (κ2) is 3.51. The quantitative estimate of drug-likeness (QED) is 0.797. The molecule has 0 saturated heterocycles. The Balaban J connectivity index is 1.73. The van der Waals surface area contributed by atoms with Crippen LogP contribution in [0.15, 0.2) is 18.5 Å². The monoisotopic (exact) mass is 202 g/mol. The summed E-state index contributed by atoms with van der Waals surface area (Å²) in [6.07, 6.45) is 9.55. The van der Waals surface area contributed by atoms with Gasteiger partial charge in [-0.25, -0.2) is 0 Å². The summed E-state index contributed by atoms with van der Waals surface area (Å²) in [6.45, 7) is 2.15. The van der Waals surface area contributed by atoms with Gasteiger partial charge in [-0.1, -0.05) is 6.42 Å². The predicted molar refractivity (Wildman–Crippen MR) is 61.8 cm³/mol. The fourth-order valence-electron chi connectivity index (χ4n) is 3.24. The minimum Gasteiger partial charge on any atom is -0.381 e. The minimum absolute atomic E-state index is 0.714. The number of hydrogen-bond acceptors (Lipinski definition) is 2. The largest absolute Gasteiger partial charge is 0.381 e. The van der Waals surface area contributed by atoms with E-state index in [4.69, 9.17) is 0 Å². The lowest BCUT2D eigenvalue weighted by molar-refractivity contribution is 0.439. The van der Waals surface area contributed by atoms with Gasteiger partial charge in [-0.05, 0) is 49.7 Å². The Morgan fingerprint density at radius 1 is 1.33 bits per heavy atom. The summed E-state index contributed by atoms with van der Waals surface area (Å²) in [5.41, 5.74) is 2.54. The summed E-state index contributed by atoms with van der Waals surface area (Å²) >= 11 is 0. The van der Waals surface area contributed by atoms with Crippen molar-refractivity contribution in [1.29, 1.82) is 0 Å². The first kappa shape index (κ1) is 9.20. The van der Waals surface area contributed by atoms with Crippen molar-refractivity contribution in [3.8, 4) is 0 Å². The van der Waals surface area contributed by atoms with Crippen LogP contribution in [0.4, 0.5) is 5.69 Å². The fraction of sp³-hybridized carbons (Fsp3) is 0.615. The van der Waals surface area contributed by atoms with Crippen molar-refractivity contribution in [3.63, 3.8) is 0 Å². The molecule has 2 aliphatic carbocycles. The Morgan fingerprint density at radius 2 is 2.27 bits per heavy atom. The van der Waals surface area contributed by atoms with Gasteiger partial charge in [-0.15, -0.1) is 0 Å². The van der Waals surface area contributed by atoms with Crippen molar-refractivity contribution in [2.45, 2.75) is 38.6 Å². The number of nitrogens with one attached hydrogen (secondary N) is 1. The summed E-state index contributed by atoms with van der Waals surface area (Å²) in [6, 6.07) is 2.79. The summed E-state index contributed by atoms with van der Waals surface area (Å²) in [7, 11) is 0. The molecule has 2 nitrogen and oxygen atoms in total. The van der Waals surface area contributed by atoms with E-state index in [0.717, 1.165) is 11.8 Å². The number of pyridine rings is 1. The van der Waals surface area contributed by atoms with E-state index in [1.807, 2.05) is 12.4 Å². The highest BCUT2D eigenvalue weighted by molar-refractivity contribution is 5.49. The minimum atomic E-state index is 0.714. The highest BCUT2D eigenvalue weighted by Crippen LogP contribution is 2.45. The van der Waals surface area contributed by atoms with E-state index in [-0.39, 0.29) is 0 Å². The van der Waals surface area contributed by atoms with Crippen LogP contribution in [-0.4, -0.2) is 11.0 Å². The number of aryl methyl sites for hydroxylation is 1. The number of fused-ring (bicyclic) bond motifs is 2. The molecule has 3 atom stereocenters. The van der Waals surface area contributed by atoms with Crippen molar-refractivity contribution in [1.82, 2.24) is 4.98 Å². The molecular weight excluding hydrogens is 184 g/mol. The van der Waals surface area contributed by atoms with Crippen LogP contribution in [0.1, 0.15) is 31.2 Å². The van der Waals surface area contributed by atoms with E-state index in [1.165, 1.54) is 36.9 Å². The maximum Gasteiger partial charge on any atom is 0.0558 e. The van der Waals surface area contributed by atoms with Crippen LogP contribution in [0.25, 0.3) is 0 Å². The second-order valence-electron chi connectivity index (χ2n) is 5.12. The molecule has 2 aliphatic rings. The smallest absolute Gasteiger partial charge is 0.0558 e. The zero-order valence-electron chi connectivity index (χ0n) is 9.24. The summed E-state index contributed by atoms with van der Waals surface area (Å²) < 4.78 is 0. The number of anilines is 1. The van der Waals surface area contributed by atoms with Crippen molar-refractivity contribution in [3.05, 3.63) is 24.0 Å². The molecular formula is C13H18N2. The Bertz CT molecular complexity index is 361. The van der Waals surface area contributed by atoms with Crippen molar-refractivity contribution >= 4 is 5.69 Å². The fourth-order valence-corrected chi connectivity index (χ4v) is 3.24. The predicted octanol–water partition coefficient (Wildman–Crippen LogP) is 2.99. The maximum atomic E-state index is 4.19. The Morgan fingerprint density at radius 3 is 2.93 bits per heavy atom. The van der Waals surface area contributed by atoms with E-state index in [1.54, 1.807) is 0 Å². The molecule has 2 heteroatoms. The molecule has 0 amide bonds. The maximum absolute atomic E-state index is 4.19. The van der Waals surface area contributed by atoms with Crippen molar-refractivity contribution < 1.29 is 0 Å². The number of aromatic nitrogens is 1. The Kier molecular flexibility index (Phi) is 2.15. The molecule has 15 heavy (non-hydrogen) atoms. The first-order chi connectivity index (χ1) is 7.33. The molecule has 1 heterocycles. The van der Waals surface area contributed by atoms with Crippen molar-refractivity contribution in [2.24, 2.45) is 11.8 Å². The molecule has 3 rings (SSSR count). The van der Waals surface area contributed by atoms with Crippen LogP contribution in [0.5, 0.6) is 0 Å². The molecule has 2 fully saturated rings. The van der Waals surface area contributed by atoms with E-state index >= 15 is 0 Å². The van der Waals surface area contributed by atoms with Gasteiger partial charge in [-0.3, -0.25) is 4.98 Å². The molecule has 0 aromatic carbocycles. The van der Waals surface area contributed by atoms with Gasteiger partial charge < -0.3 is 5.32 Å². The molecule has 0 aliphatic heterocycles. The third-order valence-electron chi connectivity index (χ3n) is 4.12. The van der Waals surface area contributed by atoms with Gasteiger partial charge in [0.25, 0.3) is 0 Å². The molecule has 0 spiro atoms. The van der Waals surface area contributed by atoms with Gasteiger partial charge in [0.15, 0.2) is 0 Å². The SMILES string of the molecule is Cc1ccncc1N[C@H]1C[C@H]2CC[C@H]1C2. The van der Waals surface area contributed by atoms with Crippen LogP contribution in [-0.2, 0) is 0 Å². The van der Waals surface area contributed by atoms with Gasteiger partial charge in [0.05, 0.1) is 11.9 Å². The van der Waals surface area contributed by atoms with E-state index in [9.17, 15) is 0 Å². The van der Waals surface area contributed by atoms with E-state index in [0.29, 0.717) is 6.04 Å². The topological polar surface area (TPSA) is 24.9 Å². The Labute approximate surface area is 91.1 Å². The van der Waals surface area contributed by atoms with Crippen LogP contribution in [0.3, 0.4) is 0 Å². The second-order valence-corrected chi connectivity index (χ2v) is 5.12. The molecule has 1 N–H and O–H groups in total. The number of nitrogens with zero attached hydrogens (tertiary/aromatic N) is 1. The standard InChI is InChI=1S/C13H18N2/c1-9-4-5-14-8-13(9)15-12-7-10-2-3-11(12)6-10/h4-5,8,10-12,15H,2-3,6-7H2,1H3/t10-,11-,12-/m0/s1. The van der Waals surface area contributed by atoms with Crippen LogP contribution in [0.2, 0.25) is 0 Å². The van der Waals surface area contributed by atoms with Gasteiger partial charge in [-0.2, -0.15) is 0 Å². The first-order valence-electron chi connectivity index (χ1n) is 6.00. The van der Waals surface area contributed by atoms with Crippen molar-refractivity contribution in [2.75, 3.05) is 5.32 Å². The highest BCUT2D eigenvalue weighted by atomic mass is 15.0. The third-order valence-corrected chi connectivity index (χ3v) is 4.12. The van der Waals surface area contributed by atoms with Crippen LogP contribution < -0.4 is 5.32 Å². The van der Waals surface area contributed by atoms with E-state index in [2.05, 4.69) is 23.3 Å². The molecule has 1 aromatic heterocycles. The Hall–Kier alpha value is -1.05. The lowest BCUT2D eigenvalue weighted by Gasteiger charge is -2.24. The molecule has 1 aromatic rings. The average molecular weight is 202 g/mol. The lowest BCUT2D eigenvalue weighted by atomic mass is 9.95. The molecule has 2 saturated carbocycles. The van der Waals surface area contributed by atoms with Crippen LogP contribution in [0, 0.1) is 18.8 Å². The van der Waals surface area contributed by atoms with Gasteiger partial charge in [0, 0.05) is 12.2 Å². The van der Waals surface area contributed by atoms with E-state index < -0.39 is 0 Å². The zero-order chi connectivity index (χ0) is 10.3. The molecule has 80 valence electrons. The van der Waals surface area contributed by atoms with Gasteiger partial charge >= 0.3 is 0 Å². The van der Waals surface area contributed by atoms with Gasteiger partial charge in [0.2, 0.25) is 0 Å². The highest BCUT2D eigenvalue weighted by Gasteiger charge is 2.39. The molecule has 2 bridgehead atoms. The summed E-state index contributed by atoms with van der Waals surface area (Å²) in [5.74, 6) is 1.93. The number of hydrogen-bond donors (Lipinski definition) is 1. The number of rotatable bonds is 2. The normalized spacial score (nSPS) is 33.3. The van der Waals surface area contributed by atoms with Crippen LogP contribution >= 0.6 is 0 Å². The summed E-state index contributed by atoms with van der Waals surface area (Å²) in [4.78, 5) is 4.19. The molecule has 0 unspecified atom stereocenters. The zero-order valence-corrected chi connectivity index (χ0v) is 9.24.